The summed E-state index contributed by atoms with van der Waals surface area (Å²) < 4.78 is 0. The molecule has 0 amide bonds. The first-order valence-electron chi connectivity index (χ1n) is 8.72. The van der Waals surface area contributed by atoms with Crippen LogP contribution in [0.5, 0.6) is 0 Å². The maximum atomic E-state index is 12.2. The van der Waals surface area contributed by atoms with Crippen LogP contribution in [0.15, 0.2) is 78.9 Å². The molecule has 2 heteroatoms. The van der Waals surface area contributed by atoms with Gasteiger partial charge in [-0.25, -0.2) is 0 Å². The predicted molar refractivity (Wildman–Crippen MR) is 108 cm³/mol. The van der Waals surface area contributed by atoms with Crippen LogP contribution >= 0.6 is 11.6 Å². The summed E-state index contributed by atoms with van der Waals surface area (Å²) in [6.07, 6.45) is 0. The second-order valence-electron chi connectivity index (χ2n) is 6.90. The summed E-state index contributed by atoms with van der Waals surface area (Å²) in [6, 6.07) is 26.3. The van der Waals surface area contributed by atoms with Gasteiger partial charge in [0.05, 0.1) is 0 Å². The zero-order valence-electron chi connectivity index (χ0n) is 14.3. The van der Waals surface area contributed by atoms with E-state index in [0.29, 0.717) is 5.02 Å². The maximum Gasteiger partial charge on any atom is 0.144 e. The lowest BCUT2D eigenvalue weighted by atomic mass is 9.79. The second kappa shape index (κ2) is 5.44. The number of fused-ring (bicyclic) bond motifs is 4. The van der Waals surface area contributed by atoms with E-state index in [4.69, 9.17) is 11.6 Å². The molecule has 0 radical (unpaired) electrons. The highest BCUT2D eigenvalue weighted by Gasteiger charge is 2.46. The third-order valence-corrected chi connectivity index (χ3v) is 5.80. The summed E-state index contributed by atoms with van der Waals surface area (Å²) in [6.45, 7) is 2.05. The molecular formula is C24H17ClO. The molecule has 4 aromatic carbocycles. The van der Waals surface area contributed by atoms with E-state index in [-0.39, 0.29) is 0 Å². The van der Waals surface area contributed by atoms with Crippen molar-refractivity contribution in [3.8, 4) is 11.1 Å². The molecule has 0 aliphatic heterocycles. The molecule has 0 spiro atoms. The fraction of sp³-hybridized carbons (Fsp3) is 0.0833. The zero-order chi connectivity index (χ0) is 17.9. The van der Waals surface area contributed by atoms with Gasteiger partial charge in [-0.05, 0) is 40.5 Å². The molecule has 0 saturated carbocycles. The molecule has 1 nitrogen and oxygen atoms in total. The second-order valence-corrected chi connectivity index (χ2v) is 7.30. The molecule has 1 aliphatic carbocycles. The Morgan fingerprint density at radius 2 is 1.46 bits per heavy atom. The first kappa shape index (κ1) is 15.6. The molecular weight excluding hydrogens is 340 g/mol. The summed E-state index contributed by atoms with van der Waals surface area (Å²) >= 11 is 6.64. The van der Waals surface area contributed by atoms with Crippen molar-refractivity contribution >= 4 is 22.4 Å². The molecule has 5 rings (SSSR count). The molecule has 0 fully saturated rings. The van der Waals surface area contributed by atoms with Gasteiger partial charge in [-0.2, -0.15) is 0 Å². The minimum absolute atomic E-state index is 0.591. The van der Waals surface area contributed by atoms with Crippen LogP contribution in [0.1, 0.15) is 22.3 Å². The first-order valence-corrected chi connectivity index (χ1v) is 9.10. The van der Waals surface area contributed by atoms with E-state index >= 15 is 0 Å². The van der Waals surface area contributed by atoms with Gasteiger partial charge in [0.2, 0.25) is 0 Å². The van der Waals surface area contributed by atoms with Gasteiger partial charge in [0.15, 0.2) is 0 Å². The van der Waals surface area contributed by atoms with Crippen molar-refractivity contribution in [1.82, 2.24) is 0 Å². The standard InChI is InChI=1S/C24H17ClO/c1-15-13-14-16-7-2-3-8-17(16)22(15)24(26)20-11-5-4-9-18(20)19-10-6-12-21(25)23(19)24/h2-14,26H,1H3. The van der Waals surface area contributed by atoms with Crippen LogP contribution in [0, 0.1) is 6.92 Å². The van der Waals surface area contributed by atoms with E-state index < -0.39 is 5.60 Å². The average Bonchev–Trinajstić information content (AvgIpc) is 2.93. The summed E-state index contributed by atoms with van der Waals surface area (Å²) in [5.41, 5.74) is 4.41. The topological polar surface area (TPSA) is 20.2 Å². The van der Waals surface area contributed by atoms with Crippen LogP contribution in [0.25, 0.3) is 21.9 Å². The van der Waals surface area contributed by atoms with Crippen LogP contribution in [0.2, 0.25) is 5.02 Å². The smallest absolute Gasteiger partial charge is 0.144 e. The normalized spacial score (nSPS) is 18.0. The molecule has 4 aromatic rings. The maximum absolute atomic E-state index is 12.2. The number of aryl methyl sites for hydroxylation is 1. The Balaban J connectivity index is 1.99. The lowest BCUT2D eigenvalue weighted by molar-refractivity contribution is 0.132. The van der Waals surface area contributed by atoms with E-state index in [1.54, 1.807) is 0 Å². The molecule has 26 heavy (non-hydrogen) atoms. The van der Waals surface area contributed by atoms with Crippen LogP contribution in [0.4, 0.5) is 0 Å². The van der Waals surface area contributed by atoms with Gasteiger partial charge in [0, 0.05) is 21.7 Å². The van der Waals surface area contributed by atoms with Crippen LogP contribution in [0.3, 0.4) is 0 Å². The number of hydrogen-bond donors (Lipinski definition) is 1. The molecule has 0 bridgehead atoms. The highest BCUT2D eigenvalue weighted by Crippen LogP contribution is 2.54. The predicted octanol–water partition coefficient (Wildman–Crippen LogP) is 6.07. The van der Waals surface area contributed by atoms with Crippen molar-refractivity contribution in [1.29, 1.82) is 0 Å². The lowest BCUT2D eigenvalue weighted by Gasteiger charge is -2.30. The van der Waals surface area contributed by atoms with Gasteiger partial charge < -0.3 is 5.11 Å². The Kier molecular flexibility index (Phi) is 3.27. The van der Waals surface area contributed by atoms with E-state index in [9.17, 15) is 5.11 Å². The third kappa shape index (κ3) is 1.90. The molecule has 1 N–H and O–H groups in total. The molecule has 1 aliphatic rings. The molecule has 0 aromatic heterocycles. The number of benzene rings is 4. The van der Waals surface area contributed by atoms with E-state index in [0.717, 1.165) is 44.2 Å². The Bertz CT molecular complexity index is 1180. The van der Waals surface area contributed by atoms with Crippen molar-refractivity contribution in [2.75, 3.05) is 0 Å². The molecule has 0 heterocycles. The number of hydrogen-bond acceptors (Lipinski definition) is 1. The Morgan fingerprint density at radius 3 is 2.35 bits per heavy atom. The highest BCUT2D eigenvalue weighted by atomic mass is 35.5. The van der Waals surface area contributed by atoms with Gasteiger partial charge in [0.1, 0.15) is 5.60 Å². The van der Waals surface area contributed by atoms with Gasteiger partial charge in [-0.1, -0.05) is 84.4 Å². The van der Waals surface area contributed by atoms with Crippen molar-refractivity contribution in [2.24, 2.45) is 0 Å². The van der Waals surface area contributed by atoms with Crippen molar-refractivity contribution in [3.05, 3.63) is 106 Å². The van der Waals surface area contributed by atoms with Crippen LogP contribution in [-0.4, -0.2) is 5.11 Å². The van der Waals surface area contributed by atoms with Crippen molar-refractivity contribution < 1.29 is 5.11 Å². The molecule has 0 saturated heterocycles. The van der Waals surface area contributed by atoms with Crippen molar-refractivity contribution in [2.45, 2.75) is 12.5 Å². The molecule has 126 valence electrons. The monoisotopic (exact) mass is 356 g/mol. The van der Waals surface area contributed by atoms with Crippen LogP contribution in [-0.2, 0) is 5.60 Å². The lowest BCUT2D eigenvalue weighted by Crippen LogP contribution is -2.28. The van der Waals surface area contributed by atoms with E-state index in [2.05, 4.69) is 37.3 Å². The summed E-state index contributed by atoms with van der Waals surface area (Å²) in [4.78, 5) is 0. The third-order valence-electron chi connectivity index (χ3n) is 5.48. The summed E-state index contributed by atoms with van der Waals surface area (Å²) in [5.74, 6) is 0. The highest BCUT2D eigenvalue weighted by molar-refractivity contribution is 6.32. The van der Waals surface area contributed by atoms with Gasteiger partial charge in [-0.15, -0.1) is 0 Å². The van der Waals surface area contributed by atoms with Crippen molar-refractivity contribution in [3.63, 3.8) is 0 Å². The fourth-order valence-electron chi connectivity index (χ4n) is 4.40. The van der Waals surface area contributed by atoms with Gasteiger partial charge in [0.25, 0.3) is 0 Å². The fourth-order valence-corrected chi connectivity index (χ4v) is 4.72. The average molecular weight is 357 g/mol. The minimum Gasteiger partial charge on any atom is -0.376 e. The van der Waals surface area contributed by atoms with Gasteiger partial charge in [-0.3, -0.25) is 0 Å². The number of halogens is 1. The first-order chi connectivity index (χ1) is 12.6. The summed E-state index contributed by atoms with van der Waals surface area (Å²) in [7, 11) is 0. The quantitative estimate of drug-likeness (QED) is 0.439. The Labute approximate surface area is 157 Å². The Hall–Kier alpha value is -2.61. The zero-order valence-corrected chi connectivity index (χ0v) is 15.1. The number of aliphatic hydroxyl groups is 1. The largest absolute Gasteiger partial charge is 0.376 e. The van der Waals surface area contributed by atoms with E-state index in [1.807, 2.05) is 48.5 Å². The number of rotatable bonds is 1. The van der Waals surface area contributed by atoms with E-state index in [1.165, 1.54) is 0 Å². The Morgan fingerprint density at radius 1 is 0.731 bits per heavy atom. The molecule has 1 unspecified atom stereocenters. The minimum atomic E-state index is -1.27. The van der Waals surface area contributed by atoms with Gasteiger partial charge >= 0.3 is 0 Å². The summed E-state index contributed by atoms with van der Waals surface area (Å²) in [5, 5.41) is 15.0. The SMILES string of the molecule is Cc1ccc2ccccc2c1C1(O)c2ccccc2-c2cccc(Cl)c21. The van der Waals surface area contributed by atoms with Crippen LogP contribution < -0.4 is 0 Å². The molecule has 1 atom stereocenters.